The molecule has 0 spiro atoms. The van der Waals surface area contributed by atoms with Crippen LogP contribution in [0.15, 0.2) is 53.1 Å². The highest BCUT2D eigenvalue weighted by molar-refractivity contribution is 5.99. The van der Waals surface area contributed by atoms with E-state index in [-0.39, 0.29) is 5.69 Å². The van der Waals surface area contributed by atoms with Gasteiger partial charge < -0.3 is 20.1 Å². The topological polar surface area (TPSA) is 83.3 Å². The molecule has 2 N–H and O–H groups in total. The molecule has 7 nitrogen and oxygen atoms in total. The summed E-state index contributed by atoms with van der Waals surface area (Å²) >= 11 is 0. The number of amides is 2. The lowest BCUT2D eigenvalue weighted by Crippen LogP contribution is -2.31. The zero-order chi connectivity index (χ0) is 23.3. The molecule has 2 aromatic carbocycles. The number of nitrogens with zero attached hydrogens (tertiary/aromatic N) is 3. The quantitative estimate of drug-likeness (QED) is 0.514. The second kappa shape index (κ2) is 10.0. The normalized spacial score (nSPS) is 14.8. The van der Waals surface area contributed by atoms with E-state index >= 15 is 0 Å². The molecule has 0 bridgehead atoms. The van der Waals surface area contributed by atoms with Gasteiger partial charge in [0.05, 0.1) is 5.56 Å². The number of alkyl halides is 3. The van der Waals surface area contributed by atoms with Gasteiger partial charge in [-0.1, -0.05) is 11.6 Å². The summed E-state index contributed by atoms with van der Waals surface area (Å²) in [5, 5.41) is 9.17. The van der Waals surface area contributed by atoms with Crippen LogP contribution in [0.4, 0.5) is 29.3 Å². The summed E-state index contributed by atoms with van der Waals surface area (Å²) in [7, 11) is 0. The summed E-state index contributed by atoms with van der Waals surface area (Å²) in [6.45, 7) is 3.13. The van der Waals surface area contributed by atoms with Crippen molar-refractivity contribution >= 4 is 17.4 Å². The molecule has 0 saturated carbocycles. The third-order valence-corrected chi connectivity index (χ3v) is 5.43. The van der Waals surface area contributed by atoms with E-state index in [9.17, 15) is 18.0 Å². The lowest BCUT2D eigenvalue weighted by molar-refractivity contribution is -0.137. The molecule has 3 aromatic rings. The molecule has 1 saturated heterocycles. The van der Waals surface area contributed by atoms with E-state index in [2.05, 4.69) is 25.7 Å². The predicted molar refractivity (Wildman–Crippen MR) is 118 cm³/mol. The Labute approximate surface area is 189 Å². The average molecular weight is 459 g/mol. The summed E-state index contributed by atoms with van der Waals surface area (Å²) in [5.74, 6) is 1.07. The van der Waals surface area contributed by atoms with Gasteiger partial charge in [-0.15, -0.1) is 0 Å². The number of benzene rings is 2. The fourth-order valence-corrected chi connectivity index (χ4v) is 3.65. The Hall–Kier alpha value is -3.40. The lowest BCUT2D eigenvalue weighted by Gasteiger charge is -2.25. The molecule has 10 heteroatoms. The van der Waals surface area contributed by atoms with Crippen molar-refractivity contribution in [3.05, 3.63) is 60.0 Å². The Kier molecular flexibility index (Phi) is 6.93. The van der Waals surface area contributed by atoms with E-state index in [1.54, 1.807) is 24.3 Å². The van der Waals surface area contributed by atoms with Crippen LogP contribution in [-0.2, 0) is 12.6 Å². The van der Waals surface area contributed by atoms with E-state index in [0.717, 1.165) is 37.3 Å². The Morgan fingerprint density at radius 2 is 1.55 bits per heavy atom. The highest BCUT2D eigenvalue weighted by Crippen LogP contribution is 2.29. The minimum absolute atomic E-state index is 0.251. The molecule has 2 amide bonds. The Morgan fingerprint density at radius 1 is 0.939 bits per heavy atom. The predicted octanol–water partition coefficient (Wildman–Crippen LogP) is 5.43. The van der Waals surface area contributed by atoms with Gasteiger partial charge in [0, 0.05) is 29.9 Å². The molecule has 4 rings (SSSR count). The standard InChI is InChI=1S/C23H24F3N5O2/c24-23(25,26)17-6-10-19(11-7-17)28-22(32)27-18-8-4-16(5-9-18)21-29-20(33-30-21)12-15-31-13-2-1-3-14-31/h4-11H,1-3,12-15H2,(H2,27,28,32). The number of rotatable bonds is 6. The van der Waals surface area contributed by atoms with Gasteiger partial charge in [-0.2, -0.15) is 18.2 Å². The number of carbonyl (C=O) groups is 1. The fraction of sp³-hybridized carbons (Fsp3) is 0.348. The van der Waals surface area contributed by atoms with Crippen molar-refractivity contribution in [2.45, 2.75) is 31.9 Å². The van der Waals surface area contributed by atoms with Crippen LogP contribution in [0.1, 0.15) is 30.7 Å². The number of anilines is 2. The monoisotopic (exact) mass is 459 g/mol. The minimum Gasteiger partial charge on any atom is -0.339 e. The molecule has 2 heterocycles. The van der Waals surface area contributed by atoms with Gasteiger partial charge in [0.1, 0.15) is 0 Å². The summed E-state index contributed by atoms with van der Waals surface area (Å²) in [4.78, 5) is 19.0. The minimum atomic E-state index is -4.42. The number of nitrogens with one attached hydrogen (secondary N) is 2. The maximum atomic E-state index is 12.6. The van der Waals surface area contributed by atoms with E-state index in [0.29, 0.717) is 23.8 Å². The molecular weight excluding hydrogens is 435 g/mol. The molecule has 1 aliphatic rings. The van der Waals surface area contributed by atoms with Gasteiger partial charge in [0.2, 0.25) is 11.7 Å². The number of urea groups is 1. The number of hydrogen-bond acceptors (Lipinski definition) is 5. The first-order valence-corrected chi connectivity index (χ1v) is 10.8. The van der Waals surface area contributed by atoms with E-state index in [4.69, 9.17) is 4.52 Å². The zero-order valence-electron chi connectivity index (χ0n) is 17.9. The Bertz CT molecular complexity index is 1060. The molecule has 1 aromatic heterocycles. The molecule has 0 radical (unpaired) electrons. The van der Waals surface area contributed by atoms with Crippen molar-refractivity contribution in [2.75, 3.05) is 30.3 Å². The van der Waals surface area contributed by atoms with Gasteiger partial charge in [-0.05, 0) is 74.5 Å². The van der Waals surface area contributed by atoms with Crippen molar-refractivity contribution in [1.82, 2.24) is 15.0 Å². The van der Waals surface area contributed by atoms with Gasteiger partial charge in [0.25, 0.3) is 0 Å². The molecule has 1 fully saturated rings. The van der Waals surface area contributed by atoms with Crippen LogP contribution in [0.2, 0.25) is 0 Å². The number of piperidine rings is 1. The second-order valence-electron chi connectivity index (χ2n) is 7.90. The van der Waals surface area contributed by atoms with Gasteiger partial charge in [0.15, 0.2) is 0 Å². The van der Waals surface area contributed by atoms with Crippen LogP contribution in [-0.4, -0.2) is 40.7 Å². The van der Waals surface area contributed by atoms with Crippen molar-refractivity contribution in [2.24, 2.45) is 0 Å². The number of likely N-dealkylation sites (tertiary alicyclic amines) is 1. The summed E-state index contributed by atoms with van der Waals surface area (Å²) in [6, 6.07) is 10.5. The Morgan fingerprint density at radius 3 is 2.15 bits per heavy atom. The highest BCUT2D eigenvalue weighted by Gasteiger charge is 2.30. The fourth-order valence-electron chi connectivity index (χ4n) is 3.65. The van der Waals surface area contributed by atoms with Crippen molar-refractivity contribution in [1.29, 1.82) is 0 Å². The maximum Gasteiger partial charge on any atom is 0.416 e. The smallest absolute Gasteiger partial charge is 0.339 e. The Balaban J connectivity index is 1.29. The average Bonchev–Trinajstić information content (AvgIpc) is 3.28. The van der Waals surface area contributed by atoms with Crippen molar-refractivity contribution in [3.63, 3.8) is 0 Å². The van der Waals surface area contributed by atoms with Crippen LogP contribution in [0.3, 0.4) is 0 Å². The van der Waals surface area contributed by atoms with Crippen LogP contribution in [0.5, 0.6) is 0 Å². The number of aromatic nitrogens is 2. The number of carbonyl (C=O) groups excluding carboxylic acids is 1. The maximum absolute atomic E-state index is 12.6. The van der Waals surface area contributed by atoms with E-state index in [1.807, 2.05) is 0 Å². The first kappa shape index (κ1) is 22.8. The summed E-state index contributed by atoms with van der Waals surface area (Å²) in [6.07, 6.45) is 0.0461. The molecule has 33 heavy (non-hydrogen) atoms. The molecule has 0 unspecified atom stereocenters. The second-order valence-corrected chi connectivity index (χ2v) is 7.90. The zero-order valence-corrected chi connectivity index (χ0v) is 17.9. The number of hydrogen-bond donors (Lipinski definition) is 2. The molecular formula is C23H24F3N5O2. The lowest BCUT2D eigenvalue weighted by atomic mass is 10.1. The van der Waals surface area contributed by atoms with Gasteiger partial charge in [-0.25, -0.2) is 4.79 Å². The van der Waals surface area contributed by atoms with Crippen LogP contribution in [0, 0.1) is 0 Å². The molecule has 0 atom stereocenters. The SMILES string of the molecule is O=C(Nc1ccc(-c2noc(CCN3CCCCC3)n2)cc1)Nc1ccc(C(F)(F)F)cc1. The van der Waals surface area contributed by atoms with Gasteiger partial charge in [-0.3, -0.25) is 0 Å². The molecule has 1 aliphatic heterocycles. The number of halogens is 3. The van der Waals surface area contributed by atoms with E-state index in [1.165, 1.54) is 31.4 Å². The van der Waals surface area contributed by atoms with E-state index < -0.39 is 17.8 Å². The van der Waals surface area contributed by atoms with Crippen LogP contribution in [0.25, 0.3) is 11.4 Å². The largest absolute Gasteiger partial charge is 0.416 e. The third-order valence-electron chi connectivity index (χ3n) is 5.43. The summed E-state index contributed by atoms with van der Waals surface area (Å²) < 4.78 is 43.2. The highest BCUT2D eigenvalue weighted by atomic mass is 19.4. The molecule has 0 aliphatic carbocycles. The van der Waals surface area contributed by atoms with Crippen molar-refractivity contribution < 1.29 is 22.5 Å². The van der Waals surface area contributed by atoms with Crippen molar-refractivity contribution in [3.8, 4) is 11.4 Å². The van der Waals surface area contributed by atoms with Gasteiger partial charge >= 0.3 is 12.2 Å². The first-order chi connectivity index (χ1) is 15.9. The summed E-state index contributed by atoms with van der Waals surface area (Å²) in [5.41, 5.74) is 0.731. The molecule has 174 valence electrons. The third kappa shape index (κ3) is 6.32. The first-order valence-electron chi connectivity index (χ1n) is 10.8. The van der Waals surface area contributed by atoms with Crippen LogP contribution >= 0.6 is 0 Å². The van der Waals surface area contributed by atoms with Crippen LogP contribution < -0.4 is 10.6 Å².